The zero-order valence-electron chi connectivity index (χ0n) is 11.1. The maximum atomic E-state index is 12.3. The number of halogens is 1. The summed E-state index contributed by atoms with van der Waals surface area (Å²) >= 11 is 3.34. The van der Waals surface area contributed by atoms with Gasteiger partial charge in [0.25, 0.3) is 5.56 Å². The maximum Gasteiger partial charge on any atom is 0.262 e. The molecule has 0 fully saturated rings. The average Bonchev–Trinajstić information content (AvgIpc) is 2.46. The van der Waals surface area contributed by atoms with Crippen molar-refractivity contribution in [3.05, 3.63) is 44.7 Å². The third-order valence-corrected chi connectivity index (χ3v) is 3.67. The molecule has 7 nitrogen and oxygen atoms in total. The first kappa shape index (κ1) is 14.0. The number of benzene rings is 1. The van der Waals surface area contributed by atoms with Crippen LogP contribution in [0.5, 0.6) is 0 Å². The number of nitrogen functional groups attached to an aromatic ring is 2. The van der Waals surface area contributed by atoms with Crippen LogP contribution in [0.3, 0.4) is 0 Å². The molecule has 3 rings (SSSR count). The summed E-state index contributed by atoms with van der Waals surface area (Å²) in [5.74, 6) is -0.0544. The van der Waals surface area contributed by atoms with Crippen LogP contribution in [0, 0.1) is 11.3 Å². The fourth-order valence-corrected chi connectivity index (χ4v) is 2.49. The lowest BCUT2D eigenvalue weighted by molar-refractivity contribution is 1.16. The Labute approximate surface area is 132 Å². The molecule has 0 spiro atoms. The van der Waals surface area contributed by atoms with Crippen LogP contribution < -0.4 is 17.0 Å². The molecule has 0 atom stereocenters. The van der Waals surface area contributed by atoms with Crippen molar-refractivity contribution >= 4 is 38.7 Å². The fraction of sp³-hybridized carbons (Fsp3) is 0. The van der Waals surface area contributed by atoms with E-state index >= 15 is 0 Å². The highest BCUT2D eigenvalue weighted by Gasteiger charge is 2.18. The first-order valence-electron chi connectivity index (χ1n) is 6.16. The number of hydrogen-bond acceptors (Lipinski definition) is 6. The predicted octanol–water partition coefficient (Wildman–Crippen LogP) is 1.78. The van der Waals surface area contributed by atoms with E-state index in [1.54, 1.807) is 24.3 Å². The molecule has 0 unspecified atom stereocenters. The summed E-state index contributed by atoms with van der Waals surface area (Å²) in [5.41, 5.74) is 12.2. The molecule has 1 aromatic carbocycles. The van der Waals surface area contributed by atoms with Gasteiger partial charge in [-0.1, -0.05) is 28.1 Å². The van der Waals surface area contributed by atoms with E-state index in [2.05, 4.69) is 30.9 Å². The molecule has 0 saturated carbocycles. The van der Waals surface area contributed by atoms with E-state index in [4.69, 9.17) is 11.5 Å². The first-order valence-corrected chi connectivity index (χ1v) is 6.95. The van der Waals surface area contributed by atoms with Gasteiger partial charge in [0.2, 0.25) is 5.95 Å². The number of rotatable bonds is 1. The molecule has 0 aliphatic carbocycles. The van der Waals surface area contributed by atoms with E-state index in [-0.39, 0.29) is 28.4 Å². The van der Waals surface area contributed by atoms with Crippen molar-refractivity contribution in [2.24, 2.45) is 0 Å². The van der Waals surface area contributed by atoms with Gasteiger partial charge in [-0.3, -0.25) is 9.78 Å². The second-order valence-electron chi connectivity index (χ2n) is 4.52. The summed E-state index contributed by atoms with van der Waals surface area (Å²) in [6.45, 7) is 0. The molecule has 0 aliphatic rings. The largest absolute Gasteiger partial charge is 0.383 e. The van der Waals surface area contributed by atoms with Gasteiger partial charge in [-0.2, -0.15) is 10.2 Å². The SMILES string of the molecule is N#Cc1c(N)nc2nc(N)[nH]c(=O)c2c1-c1ccc(Br)cc1. The minimum absolute atomic E-state index is 0.00502. The highest BCUT2D eigenvalue weighted by Crippen LogP contribution is 2.32. The Hall–Kier alpha value is -2.92. The predicted molar refractivity (Wildman–Crippen MR) is 86.8 cm³/mol. The zero-order chi connectivity index (χ0) is 15.9. The number of pyridine rings is 1. The molecule has 8 heteroatoms. The van der Waals surface area contributed by atoms with Crippen LogP contribution in [0.4, 0.5) is 11.8 Å². The van der Waals surface area contributed by atoms with Crippen molar-refractivity contribution in [2.75, 3.05) is 11.5 Å². The number of fused-ring (bicyclic) bond motifs is 1. The smallest absolute Gasteiger partial charge is 0.262 e. The molecule has 0 saturated heterocycles. The lowest BCUT2D eigenvalue weighted by Crippen LogP contribution is -2.15. The highest BCUT2D eigenvalue weighted by molar-refractivity contribution is 9.10. The second kappa shape index (κ2) is 5.13. The lowest BCUT2D eigenvalue weighted by Gasteiger charge is -2.10. The number of nitriles is 1. The summed E-state index contributed by atoms with van der Waals surface area (Å²) in [6, 6.07) is 9.15. The summed E-state index contributed by atoms with van der Waals surface area (Å²) in [4.78, 5) is 22.7. The van der Waals surface area contributed by atoms with Crippen molar-refractivity contribution in [1.82, 2.24) is 15.0 Å². The average molecular weight is 357 g/mol. The number of nitrogens with two attached hydrogens (primary N) is 2. The Morgan fingerprint density at radius 2 is 1.86 bits per heavy atom. The molecule has 0 bridgehead atoms. The van der Waals surface area contributed by atoms with E-state index in [1.165, 1.54) is 0 Å². The molecule has 5 N–H and O–H groups in total. The third-order valence-electron chi connectivity index (χ3n) is 3.15. The number of nitrogens with one attached hydrogen (secondary N) is 1. The van der Waals surface area contributed by atoms with Crippen molar-refractivity contribution in [1.29, 1.82) is 5.26 Å². The number of aromatic amines is 1. The summed E-state index contributed by atoms with van der Waals surface area (Å²) in [7, 11) is 0. The van der Waals surface area contributed by atoms with Gasteiger partial charge < -0.3 is 11.5 Å². The Morgan fingerprint density at radius 1 is 1.18 bits per heavy atom. The van der Waals surface area contributed by atoms with Crippen molar-refractivity contribution in [3.63, 3.8) is 0 Å². The van der Waals surface area contributed by atoms with Crippen molar-refractivity contribution in [3.8, 4) is 17.2 Å². The van der Waals surface area contributed by atoms with Crippen LogP contribution in [0.2, 0.25) is 0 Å². The molecule has 0 aliphatic heterocycles. The Balaban J connectivity index is 2.53. The standard InChI is InChI=1S/C14H9BrN6O/c15-7-3-1-6(2-4-7)9-8(5-16)11(17)19-12-10(9)13(22)21-14(18)20-12/h1-4H,(H5,17,18,19,20,21,22). The van der Waals surface area contributed by atoms with Crippen LogP contribution >= 0.6 is 15.9 Å². The molecule has 108 valence electrons. The first-order chi connectivity index (χ1) is 10.5. The van der Waals surface area contributed by atoms with E-state index in [9.17, 15) is 10.1 Å². The van der Waals surface area contributed by atoms with Crippen LogP contribution in [0.1, 0.15) is 5.56 Å². The normalized spacial score (nSPS) is 10.5. The number of hydrogen-bond donors (Lipinski definition) is 3. The lowest BCUT2D eigenvalue weighted by atomic mass is 9.98. The Morgan fingerprint density at radius 3 is 2.50 bits per heavy atom. The quantitative estimate of drug-likeness (QED) is 0.608. The van der Waals surface area contributed by atoms with E-state index in [0.717, 1.165) is 4.47 Å². The molecular weight excluding hydrogens is 348 g/mol. The van der Waals surface area contributed by atoms with Gasteiger partial charge in [-0.25, -0.2) is 4.98 Å². The van der Waals surface area contributed by atoms with Crippen LogP contribution in [-0.2, 0) is 0 Å². The Bertz CT molecular complexity index is 987. The summed E-state index contributed by atoms with van der Waals surface area (Å²) in [6.07, 6.45) is 0. The van der Waals surface area contributed by atoms with Gasteiger partial charge in [0.1, 0.15) is 17.5 Å². The number of nitrogens with zero attached hydrogens (tertiary/aromatic N) is 3. The number of aromatic nitrogens is 3. The fourth-order valence-electron chi connectivity index (χ4n) is 2.23. The highest BCUT2D eigenvalue weighted by atomic mass is 79.9. The summed E-state index contributed by atoms with van der Waals surface area (Å²) in [5, 5.41) is 9.57. The monoisotopic (exact) mass is 356 g/mol. The van der Waals surface area contributed by atoms with E-state index in [0.29, 0.717) is 11.1 Å². The second-order valence-corrected chi connectivity index (χ2v) is 5.43. The topological polar surface area (TPSA) is 134 Å². The molecule has 22 heavy (non-hydrogen) atoms. The minimum Gasteiger partial charge on any atom is -0.383 e. The van der Waals surface area contributed by atoms with Crippen molar-refractivity contribution in [2.45, 2.75) is 0 Å². The van der Waals surface area contributed by atoms with Gasteiger partial charge in [-0.05, 0) is 17.7 Å². The van der Waals surface area contributed by atoms with E-state index in [1.807, 2.05) is 6.07 Å². The molecule has 3 aromatic rings. The van der Waals surface area contributed by atoms with Crippen molar-refractivity contribution < 1.29 is 0 Å². The molecular formula is C14H9BrN6O. The van der Waals surface area contributed by atoms with Gasteiger partial charge in [0.15, 0.2) is 5.65 Å². The maximum absolute atomic E-state index is 12.3. The third kappa shape index (κ3) is 2.17. The number of H-pyrrole nitrogens is 1. The number of anilines is 2. The molecule has 2 aromatic heterocycles. The van der Waals surface area contributed by atoms with Crippen LogP contribution in [-0.4, -0.2) is 15.0 Å². The van der Waals surface area contributed by atoms with Crippen LogP contribution in [0.15, 0.2) is 33.5 Å². The summed E-state index contributed by atoms with van der Waals surface area (Å²) < 4.78 is 0.873. The molecule has 0 radical (unpaired) electrons. The van der Waals surface area contributed by atoms with Gasteiger partial charge in [0, 0.05) is 10.0 Å². The van der Waals surface area contributed by atoms with Gasteiger partial charge in [-0.15, -0.1) is 0 Å². The van der Waals surface area contributed by atoms with Gasteiger partial charge >= 0.3 is 0 Å². The zero-order valence-corrected chi connectivity index (χ0v) is 12.7. The minimum atomic E-state index is -0.468. The van der Waals surface area contributed by atoms with Gasteiger partial charge in [0.05, 0.1) is 5.39 Å². The molecule has 2 heterocycles. The van der Waals surface area contributed by atoms with Crippen LogP contribution in [0.25, 0.3) is 22.2 Å². The van der Waals surface area contributed by atoms with E-state index < -0.39 is 5.56 Å². The Kier molecular flexibility index (Phi) is 3.27. The molecule has 0 amide bonds.